The third-order valence-electron chi connectivity index (χ3n) is 2.60. The number of rotatable bonds is 4. The molecule has 0 radical (unpaired) electrons. The molecule has 0 fully saturated rings. The van der Waals surface area contributed by atoms with Crippen molar-refractivity contribution in [3.63, 3.8) is 0 Å². The van der Waals surface area contributed by atoms with Gasteiger partial charge in [0, 0.05) is 12.1 Å². The van der Waals surface area contributed by atoms with Crippen LogP contribution in [0.5, 0.6) is 0 Å². The monoisotopic (exact) mass is 278 g/mol. The Morgan fingerprint density at radius 3 is 2.21 bits per heavy atom. The normalized spacial score (nSPS) is 9.53. The van der Waals surface area contributed by atoms with E-state index in [1.54, 1.807) is 4.57 Å². The molecule has 4 nitrogen and oxygen atoms in total. The molecule has 0 atom stereocenters. The highest BCUT2D eigenvalue weighted by Crippen LogP contribution is 2.16. The first-order valence-electron chi connectivity index (χ1n) is 5.71. The molecule has 100 valence electrons. The molecule has 0 aliphatic carbocycles. The van der Waals surface area contributed by atoms with Gasteiger partial charge in [-0.2, -0.15) is 4.57 Å². The molecule has 1 heterocycles. The third-order valence-corrected chi connectivity index (χ3v) is 2.60. The molecule has 0 saturated carbocycles. The van der Waals surface area contributed by atoms with E-state index in [2.05, 4.69) is 5.32 Å². The van der Waals surface area contributed by atoms with Gasteiger partial charge in [-0.05, 0) is 11.1 Å². The summed E-state index contributed by atoms with van der Waals surface area (Å²) in [6.07, 6.45) is 3.69. The number of nitrogens with zero attached hydrogens (tertiary/aromatic N) is 1. The van der Waals surface area contributed by atoms with Crippen molar-refractivity contribution in [2.45, 2.75) is 6.54 Å². The second kappa shape index (κ2) is 7.51. The summed E-state index contributed by atoms with van der Waals surface area (Å²) in [6.45, 7) is -0.128. The number of nitrogens with one attached hydrogen (secondary N) is 1. The van der Waals surface area contributed by atoms with Crippen molar-refractivity contribution in [3.8, 4) is 11.1 Å². The van der Waals surface area contributed by atoms with Crippen molar-refractivity contribution in [2.24, 2.45) is 0 Å². The number of amides is 1. The molecule has 1 aromatic carbocycles. The fraction of sp³-hybridized carbons (Fsp3) is 0.143. The Labute approximate surface area is 118 Å². The fourth-order valence-corrected chi connectivity index (χ4v) is 1.70. The van der Waals surface area contributed by atoms with Gasteiger partial charge in [0.05, 0.1) is 0 Å². The summed E-state index contributed by atoms with van der Waals surface area (Å²) in [7, 11) is 0. The van der Waals surface area contributed by atoms with E-state index < -0.39 is 0 Å². The van der Waals surface area contributed by atoms with Crippen molar-refractivity contribution in [3.05, 3.63) is 54.9 Å². The molecule has 0 aliphatic rings. The third kappa shape index (κ3) is 4.35. The number of aliphatic hydroxyl groups excluding tert-OH is 1. The standard InChI is InChI=1S/C14H14N2O2.ClH/c17-11-15-14(18)10-16-8-6-13(7-9-16)12-4-2-1-3-5-12;/h1-9,17H,10-11H2;1H. The van der Waals surface area contributed by atoms with Crippen LogP contribution in [-0.4, -0.2) is 17.7 Å². The van der Waals surface area contributed by atoms with Crippen LogP contribution >= 0.6 is 0 Å². The van der Waals surface area contributed by atoms with E-state index in [1.807, 2.05) is 54.9 Å². The summed E-state index contributed by atoms with van der Waals surface area (Å²) < 4.78 is 1.76. The van der Waals surface area contributed by atoms with Gasteiger partial charge in [0.25, 0.3) is 5.91 Å². The maximum Gasteiger partial charge on any atom is 0.287 e. The molecular formula is C14H15ClN2O2. The molecule has 0 aliphatic heterocycles. The van der Waals surface area contributed by atoms with E-state index in [0.29, 0.717) is 0 Å². The zero-order valence-corrected chi connectivity index (χ0v) is 11.0. The molecular weight excluding hydrogens is 264 g/mol. The van der Waals surface area contributed by atoms with E-state index in [-0.39, 0.29) is 31.6 Å². The van der Waals surface area contributed by atoms with Gasteiger partial charge in [-0.3, -0.25) is 4.79 Å². The van der Waals surface area contributed by atoms with Crippen molar-refractivity contribution in [1.82, 2.24) is 5.32 Å². The highest BCUT2D eigenvalue weighted by atomic mass is 35.5. The maximum absolute atomic E-state index is 11.3. The van der Waals surface area contributed by atoms with E-state index in [9.17, 15) is 4.79 Å². The van der Waals surface area contributed by atoms with Gasteiger partial charge >= 0.3 is 0 Å². The van der Waals surface area contributed by atoms with E-state index >= 15 is 0 Å². The van der Waals surface area contributed by atoms with Crippen LogP contribution in [0.15, 0.2) is 54.9 Å². The van der Waals surface area contributed by atoms with Crippen LogP contribution in [0.1, 0.15) is 0 Å². The maximum atomic E-state index is 11.3. The molecule has 1 amide bonds. The molecule has 0 spiro atoms. The second-order valence-corrected chi connectivity index (χ2v) is 3.88. The minimum atomic E-state index is -0.332. The Kier molecular flexibility index (Phi) is 5.99. The lowest BCUT2D eigenvalue weighted by Crippen LogP contribution is -3.00. The van der Waals surface area contributed by atoms with Crippen molar-refractivity contribution in [2.75, 3.05) is 6.73 Å². The summed E-state index contributed by atoms with van der Waals surface area (Å²) >= 11 is 0. The summed E-state index contributed by atoms with van der Waals surface area (Å²) in [5.41, 5.74) is 2.25. The van der Waals surface area contributed by atoms with Crippen LogP contribution in [-0.2, 0) is 11.3 Å². The van der Waals surface area contributed by atoms with Gasteiger partial charge in [0.2, 0.25) is 6.54 Å². The quantitative estimate of drug-likeness (QED) is 0.489. The number of aliphatic hydroxyl groups is 1. The average Bonchev–Trinajstić information content (AvgIpc) is 2.41. The zero-order chi connectivity index (χ0) is 12.8. The number of aromatic nitrogens is 1. The molecule has 2 N–H and O–H groups in total. The first-order chi connectivity index (χ1) is 8.79. The predicted molar refractivity (Wildman–Crippen MR) is 67.3 cm³/mol. The Hall–Kier alpha value is -1.91. The lowest BCUT2D eigenvalue weighted by atomic mass is 10.1. The van der Waals surface area contributed by atoms with E-state index in [4.69, 9.17) is 5.11 Å². The summed E-state index contributed by atoms with van der Waals surface area (Å²) in [5, 5.41) is 10.9. The summed E-state index contributed by atoms with van der Waals surface area (Å²) in [4.78, 5) is 11.3. The van der Waals surface area contributed by atoms with Crippen LogP contribution in [0.25, 0.3) is 11.1 Å². The summed E-state index contributed by atoms with van der Waals surface area (Å²) in [5.74, 6) is -0.213. The first-order valence-corrected chi connectivity index (χ1v) is 5.71. The molecule has 1 aromatic heterocycles. The van der Waals surface area contributed by atoms with Gasteiger partial charge < -0.3 is 22.8 Å². The number of hydrogen-bond donors (Lipinski definition) is 2. The number of hydrogen-bond acceptors (Lipinski definition) is 2. The van der Waals surface area contributed by atoms with Crippen molar-refractivity contribution in [1.29, 1.82) is 0 Å². The SMILES string of the molecule is O=C(C[n+]1ccc(-c2ccccc2)cc1)NCO.[Cl-]. The van der Waals surface area contributed by atoms with Crippen molar-refractivity contribution >= 4 is 5.91 Å². The summed E-state index contributed by atoms with van der Waals surface area (Å²) in [6, 6.07) is 14.0. The molecule has 5 heteroatoms. The van der Waals surface area contributed by atoms with E-state index in [0.717, 1.165) is 11.1 Å². The molecule has 2 aromatic rings. The number of halogens is 1. The highest BCUT2D eigenvalue weighted by molar-refractivity contribution is 5.74. The van der Waals surface area contributed by atoms with E-state index in [1.165, 1.54) is 0 Å². The molecule has 0 bridgehead atoms. The first kappa shape index (κ1) is 15.1. The Balaban J connectivity index is 0.00000180. The van der Waals surface area contributed by atoms with Crippen LogP contribution in [0.4, 0.5) is 0 Å². The van der Waals surface area contributed by atoms with Gasteiger partial charge in [-0.25, -0.2) is 0 Å². The lowest BCUT2D eigenvalue weighted by molar-refractivity contribution is -0.684. The molecule has 19 heavy (non-hydrogen) atoms. The zero-order valence-electron chi connectivity index (χ0n) is 10.3. The van der Waals surface area contributed by atoms with Crippen LogP contribution < -0.4 is 22.3 Å². The van der Waals surface area contributed by atoms with Crippen LogP contribution in [0.3, 0.4) is 0 Å². The van der Waals surface area contributed by atoms with Gasteiger partial charge in [0.1, 0.15) is 6.73 Å². The van der Waals surface area contributed by atoms with Gasteiger partial charge in [0.15, 0.2) is 12.4 Å². The van der Waals surface area contributed by atoms with Crippen molar-refractivity contribution < 1.29 is 26.9 Å². The topological polar surface area (TPSA) is 53.2 Å². The molecule has 0 saturated heterocycles. The number of benzene rings is 1. The van der Waals surface area contributed by atoms with Gasteiger partial charge in [-0.15, -0.1) is 0 Å². The van der Waals surface area contributed by atoms with Crippen LogP contribution in [0.2, 0.25) is 0 Å². The smallest absolute Gasteiger partial charge is 0.287 e. The second-order valence-electron chi connectivity index (χ2n) is 3.88. The Morgan fingerprint density at radius 1 is 1.05 bits per heavy atom. The molecule has 2 rings (SSSR count). The Bertz CT molecular complexity index is 515. The minimum absolute atomic E-state index is 0. The number of pyridine rings is 1. The fourth-order valence-electron chi connectivity index (χ4n) is 1.70. The number of carbonyl (C=O) groups excluding carboxylic acids is 1. The molecule has 0 unspecified atom stereocenters. The highest BCUT2D eigenvalue weighted by Gasteiger charge is 2.08. The largest absolute Gasteiger partial charge is 1.00 e. The predicted octanol–water partition coefficient (Wildman–Crippen LogP) is -2.29. The number of carbonyl (C=O) groups is 1. The average molecular weight is 279 g/mol. The van der Waals surface area contributed by atoms with Crippen LogP contribution in [0, 0.1) is 0 Å². The minimum Gasteiger partial charge on any atom is -1.00 e. The lowest BCUT2D eigenvalue weighted by Gasteiger charge is -2.01. The Morgan fingerprint density at radius 2 is 1.63 bits per heavy atom. The van der Waals surface area contributed by atoms with Gasteiger partial charge in [-0.1, -0.05) is 30.3 Å².